The molecule has 4 nitrogen and oxygen atoms in total. The molecule has 0 saturated carbocycles. The third-order valence-electron chi connectivity index (χ3n) is 2.00. The normalized spacial score (nSPS) is 13.6. The topological polar surface area (TPSA) is 73.1 Å². The molecule has 1 amide bonds. The lowest BCUT2D eigenvalue weighted by Crippen LogP contribution is -2.35. The van der Waals surface area contributed by atoms with Crippen molar-refractivity contribution in [2.45, 2.75) is 19.1 Å². The van der Waals surface area contributed by atoms with E-state index in [-0.39, 0.29) is 5.56 Å². The molecule has 1 aromatic rings. The van der Waals surface area contributed by atoms with Crippen LogP contribution in [0.15, 0.2) is 18.2 Å². The van der Waals surface area contributed by atoms with E-state index in [0.717, 1.165) is 0 Å². The summed E-state index contributed by atoms with van der Waals surface area (Å²) in [7, 11) is 0. The molecule has 0 radical (unpaired) electrons. The Hall–Kier alpha value is -1.28. The number of nitrogens with zero attached hydrogens (tertiary/aromatic N) is 1. The van der Waals surface area contributed by atoms with Gasteiger partial charge in [-0.1, -0.05) is 23.2 Å². The van der Waals surface area contributed by atoms with Crippen LogP contribution in [-0.2, 0) is 4.79 Å². The number of amides is 1. The first-order valence-electron chi connectivity index (χ1n) is 4.78. The van der Waals surface area contributed by atoms with Gasteiger partial charge in [0.25, 0.3) is 5.91 Å². The van der Waals surface area contributed by atoms with Crippen LogP contribution in [-0.4, -0.2) is 17.1 Å². The Morgan fingerprint density at radius 3 is 2.41 bits per heavy atom. The van der Waals surface area contributed by atoms with Crippen LogP contribution >= 0.6 is 23.2 Å². The summed E-state index contributed by atoms with van der Waals surface area (Å²) in [6, 6.07) is 5.53. The summed E-state index contributed by atoms with van der Waals surface area (Å²) < 4.78 is 0. The molecule has 0 heterocycles. The zero-order valence-electron chi connectivity index (χ0n) is 8.95. The highest BCUT2D eigenvalue weighted by atomic mass is 35.5. The van der Waals surface area contributed by atoms with Crippen molar-refractivity contribution >= 4 is 29.1 Å². The fourth-order valence-electron chi connectivity index (χ4n) is 1.21. The zero-order valence-corrected chi connectivity index (χ0v) is 10.5. The third-order valence-corrected chi connectivity index (χ3v) is 2.44. The quantitative estimate of drug-likeness (QED) is 0.885. The predicted molar refractivity (Wildman–Crippen MR) is 64.6 cm³/mol. The van der Waals surface area contributed by atoms with Crippen molar-refractivity contribution in [3.8, 4) is 6.07 Å². The maximum absolute atomic E-state index is 11.5. The molecule has 0 aliphatic rings. The highest BCUT2D eigenvalue weighted by Gasteiger charge is 2.19. The lowest BCUT2D eigenvalue weighted by Gasteiger charge is -2.13. The van der Waals surface area contributed by atoms with Crippen molar-refractivity contribution in [3.05, 3.63) is 33.8 Å². The van der Waals surface area contributed by atoms with Crippen LogP contribution in [0.3, 0.4) is 0 Å². The summed E-state index contributed by atoms with van der Waals surface area (Å²) in [5.41, 5.74) is 0.283. The summed E-state index contributed by atoms with van der Waals surface area (Å²) in [6.07, 6.45) is -1.40. The van der Waals surface area contributed by atoms with E-state index in [0.29, 0.717) is 10.0 Å². The van der Waals surface area contributed by atoms with E-state index in [1.807, 2.05) is 6.07 Å². The Morgan fingerprint density at radius 2 is 1.94 bits per heavy atom. The van der Waals surface area contributed by atoms with E-state index in [9.17, 15) is 9.90 Å². The van der Waals surface area contributed by atoms with E-state index < -0.39 is 18.1 Å². The molecule has 6 heteroatoms. The van der Waals surface area contributed by atoms with Gasteiger partial charge in [0.15, 0.2) is 6.10 Å². The highest BCUT2D eigenvalue weighted by Crippen LogP contribution is 2.23. The average molecular weight is 273 g/mol. The van der Waals surface area contributed by atoms with Gasteiger partial charge < -0.3 is 10.4 Å². The minimum Gasteiger partial charge on any atom is -0.378 e. The van der Waals surface area contributed by atoms with Gasteiger partial charge in [0.05, 0.1) is 6.07 Å². The molecule has 0 aliphatic heterocycles. The minimum atomic E-state index is -1.40. The number of aliphatic hydroxyl groups excluding tert-OH is 1. The van der Waals surface area contributed by atoms with Gasteiger partial charge in [0.1, 0.15) is 6.04 Å². The van der Waals surface area contributed by atoms with Crippen molar-refractivity contribution in [2.75, 3.05) is 0 Å². The van der Waals surface area contributed by atoms with Crippen molar-refractivity contribution in [3.63, 3.8) is 0 Å². The van der Waals surface area contributed by atoms with Gasteiger partial charge in [-0.3, -0.25) is 4.79 Å². The summed E-state index contributed by atoms with van der Waals surface area (Å²) in [4.78, 5) is 11.5. The van der Waals surface area contributed by atoms with E-state index in [1.54, 1.807) is 0 Å². The van der Waals surface area contributed by atoms with Crippen LogP contribution in [0.4, 0.5) is 0 Å². The molecular formula is C11H10Cl2N2O2. The summed E-state index contributed by atoms with van der Waals surface area (Å²) in [6.45, 7) is 1.51. The van der Waals surface area contributed by atoms with Crippen molar-refractivity contribution in [1.82, 2.24) is 5.32 Å². The molecule has 2 atom stereocenters. The first kappa shape index (κ1) is 13.8. The Balaban J connectivity index is 2.85. The number of nitriles is 1. The van der Waals surface area contributed by atoms with Gasteiger partial charge in [-0.25, -0.2) is 0 Å². The van der Waals surface area contributed by atoms with E-state index in [2.05, 4.69) is 5.32 Å². The number of aliphatic hydroxyl groups is 1. The lowest BCUT2D eigenvalue weighted by molar-refractivity contribution is -0.129. The predicted octanol–water partition coefficient (Wildman–Crippen LogP) is 2.06. The number of carbonyl (C=O) groups is 1. The number of benzene rings is 1. The maximum Gasteiger partial charge on any atom is 0.254 e. The van der Waals surface area contributed by atoms with Crippen LogP contribution in [0.2, 0.25) is 10.0 Å². The number of nitrogens with one attached hydrogen (secondary N) is 1. The van der Waals surface area contributed by atoms with Crippen molar-refractivity contribution in [2.24, 2.45) is 0 Å². The molecule has 0 saturated heterocycles. The standard InChI is InChI=1S/C11H10Cl2N2O2/c1-6(5-14)15-11(17)10(16)7-2-8(12)4-9(13)3-7/h2-4,6,10,16H,1H3,(H,15,17). The van der Waals surface area contributed by atoms with Gasteiger partial charge in [-0.2, -0.15) is 5.26 Å². The number of carbonyl (C=O) groups excluding carboxylic acids is 1. The van der Waals surface area contributed by atoms with E-state index in [4.69, 9.17) is 28.5 Å². The van der Waals surface area contributed by atoms with Crippen LogP contribution in [0.1, 0.15) is 18.6 Å². The Morgan fingerprint density at radius 1 is 1.41 bits per heavy atom. The van der Waals surface area contributed by atoms with Crippen molar-refractivity contribution < 1.29 is 9.90 Å². The molecular weight excluding hydrogens is 263 g/mol. The van der Waals surface area contributed by atoms with E-state index in [1.165, 1.54) is 25.1 Å². The van der Waals surface area contributed by atoms with Gasteiger partial charge in [-0.05, 0) is 30.7 Å². The smallest absolute Gasteiger partial charge is 0.254 e. The number of hydrogen-bond donors (Lipinski definition) is 2. The van der Waals surface area contributed by atoms with Crippen LogP contribution in [0.25, 0.3) is 0 Å². The Labute approximate surface area is 109 Å². The molecule has 90 valence electrons. The highest BCUT2D eigenvalue weighted by molar-refractivity contribution is 6.34. The molecule has 1 aromatic carbocycles. The number of rotatable bonds is 3. The second-order valence-electron chi connectivity index (χ2n) is 3.46. The largest absolute Gasteiger partial charge is 0.378 e. The fourth-order valence-corrected chi connectivity index (χ4v) is 1.75. The van der Waals surface area contributed by atoms with Crippen LogP contribution in [0, 0.1) is 11.3 Å². The second kappa shape index (κ2) is 5.87. The molecule has 0 fully saturated rings. The molecule has 0 aromatic heterocycles. The molecule has 0 spiro atoms. The Bertz CT molecular complexity index is 451. The van der Waals surface area contributed by atoms with Crippen LogP contribution in [0.5, 0.6) is 0 Å². The third kappa shape index (κ3) is 3.90. The summed E-state index contributed by atoms with van der Waals surface area (Å²) in [5, 5.41) is 21.3. The lowest BCUT2D eigenvalue weighted by atomic mass is 10.1. The van der Waals surface area contributed by atoms with Crippen LogP contribution < -0.4 is 5.32 Å². The fraction of sp³-hybridized carbons (Fsp3) is 0.273. The second-order valence-corrected chi connectivity index (χ2v) is 4.34. The molecule has 2 unspecified atom stereocenters. The molecule has 1 rings (SSSR count). The first-order valence-corrected chi connectivity index (χ1v) is 5.53. The van der Waals surface area contributed by atoms with Crippen molar-refractivity contribution in [1.29, 1.82) is 5.26 Å². The van der Waals surface area contributed by atoms with E-state index >= 15 is 0 Å². The number of halogens is 2. The Kier molecular flexibility index (Phi) is 4.76. The summed E-state index contributed by atoms with van der Waals surface area (Å²) >= 11 is 11.5. The molecule has 0 aliphatic carbocycles. The molecule has 17 heavy (non-hydrogen) atoms. The molecule has 0 bridgehead atoms. The average Bonchev–Trinajstić information content (AvgIpc) is 2.26. The monoisotopic (exact) mass is 272 g/mol. The van der Waals surface area contributed by atoms with Gasteiger partial charge in [0, 0.05) is 10.0 Å². The minimum absolute atomic E-state index is 0.283. The van der Waals surface area contributed by atoms with Gasteiger partial charge in [-0.15, -0.1) is 0 Å². The molecule has 2 N–H and O–H groups in total. The number of hydrogen-bond acceptors (Lipinski definition) is 3. The first-order chi connectivity index (χ1) is 7.93. The SMILES string of the molecule is CC(C#N)NC(=O)C(O)c1cc(Cl)cc(Cl)c1. The summed E-state index contributed by atoms with van der Waals surface area (Å²) in [5.74, 6) is -0.669. The van der Waals surface area contributed by atoms with Gasteiger partial charge in [0.2, 0.25) is 0 Å². The van der Waals surface area contributed by atoms with Gasteiger partial charge >= 0.3 is 0 Å². The zero-order chi connectivity index (χ0) is 13.0. The maximum atomic E-state index is 11.5.